The normalized spacial score (nSPS) is 13.1. The number of phenolic OH excluding ortho intramolecular Hbond substituents is 4. The zero-order valence-electron chi connectivity index (χ0n) is 34.5. The van der Waals surface area contributed by atoms with E-state index in [1.165, 1.54) is 0 Å². The molecule has 0 radical (unpaired) electrons. The van der Waals surface area contributed by atoms with Gasteiger partial charge in [0.25, 0.3) is 0 Å². The SMILES string of the molecule is Cc1cc(N=Nc2cc3c(O)c(c2)Cc2cc(N=Nc4cc(C)on4)cc(c2O)Cc2cc(N=Nc4cc(C)on4)cc(c2O)Cc2cc(N=Nc4cc(C)on4)cc(c2O)C3)no1. The maximum absolute atomic E-state index is 12.0. The fourth-order valence-electron chi connectivity index (χ4n) is 7.13. The van der Waals surface area contributed by atoms with Crippen LogP contribution in [-0.4, -0.2) is 41.1 Å². The van der Waals surface area contributed by atoms with Crippen molar-refractivity contribution >= 4 is 46.0 Å². The van der Waals surface area contributed by atoms with Crippen molar-refractivity contribution in [2.45, 2.75) is 53.4 Å². The number of hydrogen-bond acceptors (Lipinski definition) is 20. The highest BCUT2D eigenvalue weighted by molar-refractivity contribution is 5.64. The number of azo groups is 4. The van der Waals surface area contributed by atoms with Crippen molar-refractivity contribution in [3.63, 3.8) is 0 Å². The van der Waals surface area contributed by atoms with Crippen LogP contribution in [0.15, 0.2) is 132 Å². The van der Waals surface area contributed by atoms with Crippen LogP contribution in [0.5, 0.6) is 23.0 Å². The van der Waals surface area contributed by atoms with Crippen LogP contribution in [-0.2, 0) is 25.7 Å². The van der Waals surface area contributed by atoms with Gasteiger partial charge in [0.05, 0.1) is 22.7 Å². The molecule has 0 unspecified atom stereocenters. The summed E-state index contributed by atoms with van der Waals surface area (Å²) in [6, 6.07) is 19.5. The third kappa shape index (κ3) is 9.00. The molecule has 4 heterocycles. The van der Waals surface area contributed by atoms with E-state index in [4.69, 9.17) is 18.1 Å². The van der Waals surface area contributed by atoms with E-state index < -0.39 is 0 Å². The lowest BCUT2D eigenvalue weighted by molar-refractivity contribution is 0.399. The molecule has 4 aromatic heterocycles. The molecule has 1 aliphatic rings. The van der Waals surface area contributed by atoms with E-state index in [-0.39, 0.29) is 72.0 Å². The minimum Gasteiger partial charge on any atom is -0.507 e. The first-order valence-corrected chi connectivity index (χ1v) is 19.7. The third-order valence-electron chi connectivity index (χ3n) is 10.1. The highest BCUT2D eigenvalue weighted by atomic mass is 16.5. The van der Waals surface area contributed by atoms with Crippen LogP contribution in [0.4, 0.5) is 46.0 Å². The Morgan fingerprint density at radius 2 is 0.500 bits per heavy atom. The van der Waals surface area contributed by atoms with Crippen LogP contribution in [0.25, 0.3) is 0 Å². The summed E-state index contributed by atoms with van der Waals surface area (Å²) < 4.78 is 20.6. The number of rotatable bonds is 8. The molecule has 4 N–H and O–H groups in total. The predicted molar refractivity (Wildman–Crippen MR) is 225 cm³/mol. The van der Waals surface area contributed by atoms with Crippen LogP contribution in [0.2, 0.25) is 0 Å². The summed E-state index contributed by atoms with van der Waals surface area (Å²) in [5, 5.41) is 98.4. The fourth-order valence-corrected chi connectivity index (χ4v) is 7.13. The second-order valence-electron chi connectivity index (χ2n) is 15.1. The van der Waals surface area contributed by atoms with Gasteiger partial charge in [-0.2, -0.15) is 0 Å². The monoisotopic (exact) mass is 860 g/mol. The topological polar surface area (TPSA) is 284 Å². The fraction of sp³-hybridized carbons (Fsp3) is 0.182. The van der Waals surface area contributed by atoms with Crippen molar-refractivity contribution in [3.8, 4) is 23.0 Å². The van der Waals surface area contributed by atoms with E-state index >= 15 is 0 Å². The number of nitrogens with zero attached hydrogens (tertiary/aromatic N) is 12. The summed E-state index contributed by atoms with van der Waals surface area (Å²) >= 11 is 0. The molecule has 0 atom stereocenters. The number of phenols is 4. The van der Waals surface area contributed by atoms with Crippen molar-refractivity contribution < 1.29 is 38.5 Å². The Hall–Kier alpha value is -8.68. The number of aromatic hydroxyl groups is 4. The van der Waals surface area contributed by atoms with Gasteiger partial charge < -0.3 is 38.5 Å². The van der Waals surface area contributed by atoms with Crippen LogP contribution in [0, 0.1) is 27.7 Å². The average Bonchev–Trinajstić information content (AvgIpc) is 4.09. The van der Waals surface area contributed by atoms with Crippen molar-refractivity contribution in [1.29, 1.82) is 0 Å². The first-order chi connectivity index (χ1) is 30.9. The molecule has 20 nitrogen and oxygen atoms in total. The van der Waals surface area contributed by atoms with Crippen molar-refractivity contribution in [2.75, 3.05) is 0 Å². The molecule has 320 valence electrons. The predicted octanol–water partition coefficient (Wildman–Crippen LogP) is 12.0. The number of fused-ring (bicyclic) bond motifs is 8. The molecule has 0 saturated carbocycles. The standard InChI is InChI=1S/C44H36N12O8/c1-21-5-37(53-61-21)49-45-33-13-25-9-27-15-34(46-50-38-6-22(2)62-54-38)17-29(42(27)58)11-31-19-36(48-52-40-8-24(4)64-56-40)20-32(44(31)60)12-30-18-35(47-51-39-7-23(3)63-55-39)16-28(43(30)59)10-26(14-33)41(25)57/h5-8,13-20,57-60H,9-12H2,1-4H3. The second-order valence-corrected chi connectivity index (χ2v) is 15.1. The lowest BCUT2D eigenvalue weighted by atomic mass is 9.90. The molecule has 0 saturated heterocycles. The van der Waals surface area contributed by atoms with E-state index in [0.717, 1.165) is 0 Å². The van der Waals surface area contributed by atoms with E-state index in [2.05, 4.69) is 61.5 Å². The molecule has 20 heteroatoms. The van der Waals surface area contributed by atoms with Gasteiger partial charge >= 0.3 is 0 Å². The number of benzene rings is 4. The summed E-state index contributed by atoms with van der Waals surface area (Å²) in [4.78, 5) is 0. The maximum Gasteiger partial charge on any atom is 0.216 e. The smallest absolute Gasteiger partial charge is 0.216 e. The Kier molecular flexibility index (Phi) is 10.8. The van der Waals surface area contributed by atoms with Gasteiger partial charge in [0.15, 0.2) is 0 Å². The molecule has 1 aliphatic carbocycles. The Labute approximate surface area is 362 Å². The molecule has 0 fully saturated rings. The van der Waals surface area contributed by atoms with E-state index in [1.54, 1.807) is 100 Å². The molecule has 9 rings (SSSR count). The van der Waals surface area contributed by atoms with Crippen LogP contribution in [0.3, 0.4) is 0 Å². The quantitative estimate of drug-likeness (QED) is 0.104. The molecule has 0 amide bonds. The average molecular weight is 861 g/mol. The van der Waals surface area contributed by atoms with Gasteiger partial charge in [-0.05, 0) is 76.2 Å². The molecule has 0 aliphatic heterocycles. The number of aromatic nitrogens is 4. The van der Waals surface area contributed by atoms with Gasteiger partial charge in [0.2, 0.25) is 23.3 Å². The zero-order chi connectivity index (χ0) is 44.5. The minimum absolute atomic E-state index is 0.0400. The summed E-state index contributed by atoms with van der Waals surface area (Å²) in [6.45, 7) is 6.92. The van der Waals surface area contributed by atoms with Crippen molar-refractivity contribution in [2.24, 2.45) is 40.9 Å². The third-order valence-corrected chi connectivity index (χ3v) is 10.1. The molecular weight excluding hydrogens is 825 g/mol. The lowest BCUT2D eigenvalue weighted by Crippen LogP contribution is -2.01. The zero-order valence-corrected chi connectivity index (χ0v) is 34.5. The largest absolute Gasteiger partial charge is 0.507 e. The molecule has 4 aromatic carbocycles. The van der Waals surface area contributed by atoms with Crippen molar-refractivity contribution in [1.82, 2.24) is 20.6 Å². The van der Waals surface area contributed by atoms with Gasteiger partial charge in [-0.15, -0.1) is 40.9 Å². The van der Waals surface area contributed by atoms with E-state index in [1.807, 2.05) is 0 Å². The highest BCUT2D eigenvalue weighted by Gasteiger charge is 2.22. The van der Waals surface area contributed by atoms with Gasteiger partial charge in [-0.3, -0.25) is 0 Å². The van der Waals surface area contributed by atoms with Crippen LogP contribution in [0.1, 0.15) is 67.5 Å². The Morgan fingerprint density at radius 1 is 0.312 bits per heavy atom. The van der Waals surface area contributed by atoms with Crippen LogP contribution >= 0.6 is 0 Å². The van der Waals surface area contributed by atoms with E-state index in [0.29, 0.717) is 90.3 Å². The summed E-state index contributed by atoms with van der Waals surface area (Å²) in [5.74, 6) is 2.60. The lowest BCUT2D eigenvalue weighted by Gasteiger charge is -2.18. The Balaban J connectivity index is 1.24. The highest BCUT2D eigenvalue weighted by Crippen LogP contribution is 2.43. The van der Waals surface area contributed by atoms with Gasteiger partial charge in [0, 0.05) is 94.5 Å². The first-order valence-electron chi connectivity index (χ1n) is 19.7. The second kappa shape index (κ2) is 17.0. The van der Waals surface area contributed by atoms with Crippen LogP contribution < -0.4 is 0 Å². The Morgan fingerprint density at radius 3 is 0.656 bits per heavy atom. The minimum atomic E-state index is -0.124. The molecule has 8 bridgehead atoms. The van der Waals surface area contributed by atoms with Gasteiger partial charge in [0.1, 0.15) is 46.0 Å². The molecule has 0 spiro atoms. The molecule has 64 heavy (non-hydrogen) atoms. The number of hydrogen-bond donors (Lipinski definition) is 4. The first kappa shape index (κ1) is 40.7. The molecule has 8 aromatic rings. The summed E-state index contributed by atoms with van der Waals surface area (Å²) in [6.07, 6.45) is -0.160. The van der Waals surface area contributed by atoms with E-state index in [9.17, 15) is 20.4 Å². The van der Waals surface area contributed by atoms with Gasteiger partial charge in [-0.1, -0.05) is 20.6 Å². The number of aryl methyl sites for hydroxylation is 4. The summed E-state index contributed by atoms with van der Waals surface area (Å²) in [5.41, 5.74) is 4.15. The summed E-state index contributed by atoms with van der Waals surface area (Å²) in [7, 11) is 0. The maximum atomic E-state index is 12.0. The molecular formula is C44H36N12O8. The van der Waals surface area contributed by atoms with Crippen molar-refractivity contribution in [3.05, 3.63) is 140 Å². The van der Waals surface area contributed by atoms with Gasteiger partial charge in [-0.25, -0.2) is 0 Å². The Bertz CT molecular complexity index is 2680.